The maximum Gasteiger partial charge on any atom is 0.0947 e. The van der Waals surface area contributed by atoms with Crippen molar-refractivity contribution in [2.75, 3.05) is 11.5 Å². The van der Waals surface area contributed by atoms with E-state index in [-0.39, 0.29) is 0 Å². The first-order chi connectivity index (χ1) is 5.95. The molecule has 2 nitrogen and oxygen atoms in total. The van der Waals surface area contributed by atoms with Gasteiger partial charge in [-0.2, -0.15) is 11.8 Å². The van der Waals surface area contributed by atoms with Crippen LogP contribution in [0.3, 0.4) is 0 Å². The van der Waals surface area contributed by atoms with E-state index in [9.17, 15) is 0 Å². The first kappa shape index (κ1) is 8.20. The Morgan fingerprint density at radius 3 is 3.33 bits per heavy atom. The minimum absolute atomic E-state index is 0.713. The molecule has 0 bridgehead atoms. The monoisotopic (exact) mass is 183 g/mol. The average Bonchev–Trinajstić information content (AvgIpc) is 2.74. The van der Waals surface area contributed by atoms with Crippen molar-refractivity contribution in [1.29, 1.82) is 0 Å². The van der Waals surface area contributed by atoms with Crippen LogP contribution >= 0.6 is 11.8 Å². The Kier molecular flexibility index (Phi) is 2.74. The number of hydrogen-bond donors (Lipinski definition) is 1. The van der Waals surface area contributed by atoms with Crippen molar-refractivity contribution in [3.63, 3.8) is 0 Å². The van der Waals surface area contributed by atoms with E-state index in [0.29, 0.717) is 6.04 Å². The lowest BCUT2D eigenvalue weighted by molar-refractivity contribution is 0.540. The van der Waals surface area contributed by atoms with Gasteiger partial charge in [0.1, 0.15) is 0 Å². The number of furan rings is 1. The molecule has 12 heavy (non-hydrogen) atoms. The highest BCUT2D eigenvalue weighted by Crippen LogP contribution is 2.17. The smallest absolute Gasteiger partial charge is 0.0947 e. The van der Waals surface area contributed by atoms with E-state index in [2.05, 4.69) is 5.32 Å². The van der Waals surface area contributed by atoms with Crippen molar-refractivity contribution in [1.82, 2.24) is 5.32 Å². The van der Waals surface area contributed by atoms with Gasteiger partial charge in [-0.05, 0) is 18.2 Å². The van der Waals surface area contributed by atoms with Gasteiger partial charge in [0.05, 0.1) is 12.5 Å². The standard InChI is InChI=1S/C9H13NOS/c1-3-11-6-8(1)5-10-9-2-4-12-7-9/h1,3,6,9-10H,2,4-5,7H2. The molecule has 1 N–H and O–H groups in total. The van der Waals surface area contributed by atoms with E-state index in [1.165, 1.54) is 23.5 Å². The van der Waals surface area contributed by atoms with Crippen LogP contribution in [0.5, 0.6) is 0 Å². The maximum absolute atomic E-state index is 4.98. The molecule has 66 valence electrons. The highest BCUT2D eigenvalue weighted by Gasteiger charge is 2.14. The molecule has 1 aliphatic rings. The molecule has 1 aromatic rings. The molecule has 1 atom stereocenters. The summed E-state index contributed by atoms with van der Waals surface area (Å²) in [5, 5.41) is 3.50. The second kappa shape index (κ2) is 4.01. The lowest BCUT2D eigenvalue weighted by Crippen LogP contribution is -2.27. The van der Waals surface area contributed by atoms with Gasteiger partial charge in [0.25, 0.3) is 0 Å². The molecule has 0 aromatic carbocycles. The van der Waals surface area contributed by atoms with E-state index in [4.69, 9.17) is 4.42 Å². The van der Waals surface area contributed by atoms with Crippen molar-refractivity contribution >= 4 is 11.8 Å². The summed E-state index contributed by atoms with van der Waals surface area (Å²) in [6.45, 7) is 0.946. The van der Waals surface area contributed by atoms with Crippen molar-refractivity contribution in [3.05, 3.63) is 24.2 Å². The SMILES string of the molecule is c1cc(CNC2CCSC2)co1. The molecule has 2 rings (SSSR count). The Bertz CT molecular complexity index is 216. The van der Waals surface area contributed by atoms with Crippen LogP contribution in [-0.2, 0) is 6.54 Å². The molecular weight excluding hydrogens is 170 g/mol. The summed E-state index contributed by atoms with van der Waals surface area (Å²) in [5.41, 5.74) is 1.24. The number of nitrogens with one attached hydrogen (secondary N) is 1. The first-order valence-corrected chi connectivity index (χ1v) is 5.43. The first-order valence-electron chi connectivity index (χ1n) is 4.27. The normalized spacial score (nSPS) is 23.2. The molecule has 1 fully saturated rings. The Hall–Kier alpha value is -0.410. The average molecular weight is 183 g/mol. The molecule has 1 aliphatic heterocycles. The number of thioether (sulfide) groups is 1. The fraction of sp³-hybridized carbons (Fsp3) is 0.556. The third-order valence-electron chi connectivity index (χ3n) is 2.10. The van der Waals surface area contributed by atoms with E-state index in [1.54, 1.807) is 12.5 Å². The van der Waals surface area contributed by atoms with Crippen molar-refractivity contribution in [2.45, 2.75) is 19.0 Å². The molecule has 0 radical (unpaired) electrons. The van der Waals surface area contributed by atoms with Gasteiger partial charge in [-0.15, -0.1) is 0 Å². The molecule has 1 unspecified atom stereocenters. The fourth-order valence-electron chi connectivity index (χ4n) is 1.35. The van der Waals surface area contributed by atoms with Gasteiger partial charge in [0.2, 0.25) is 0 Å². The minimum Gasteiger partial charge on any atom is -0.472 e. The summed E-state index contributed by atoms with van der Waals surface area (Å²) in [5.74, 6) is 2.57. The third kappa shape index (κ3) is 2.05. The number of rotatable bonds is 3. The zero-order chi connectivity index (χ0) is 8.23. The summed E-state index contributed by atoms with van der Waals surface area (Å²) in [7, 11) is 0. The van der Waals surface area contributed by atoms with Crippen LogP contribution in [0.1, 0.15) is 12.0 Å². The highest BCUT2D eigenvalue weighted by atomic mass is 32.2. The molecule has 0 amide bonds. The molecule has 0 spiro atoms. The van der Waals surface area contributed by atoms with E-state index < -0.39 is 0 Å². The molecule has 0 aliphatic carbocycles. The van der Waals surface area contributed by atoms with Crippen LogP contribution in [-0.4, -0.2) is 17.5 Å². The lowest BCUT2D eigenvalue weighted by Gasteiger charge is -2.08. The van der Waals surface area contributed by atoms with Gasteiger partial charge >= 0.3 is 0 Å². The predicted octanol–water partition coefficient (Wildman–Crippen LogP) is 1.87. The van der Waals surface area contributed by atoms with Gasteiger partial charge in [0, 0.05) is 23.9 Å². The summed E-state index contributed by atoms with van der Waals surface area (Å²) in [6, 6.07) is 2.72. The van der Waals surface area contributed by atoms with Crippen LogP contribution < -0.4 is 5.32 Å². The van der Waals surface area contributed by atoms with Gasteiger partial charge in [0.15, 0.2) is 0 Å². The molecule has 2 heterocycles. The second-order valence-electron chi connectivity index (χ2n) is 3.07. The zero-order valence-corrected chi connectivity index (χ0v) is 7.77. The largest absolute Gasteiger partial charge is 0.472 e. The van der Waals surface area contributed by atoms with Gasteiger partial charge in [-0.3, -0.25) is 0 Å². The number of hydrogen-bond acceptors (Lipinski definition) is 3. The lowest BCUT2D eigenvalue weighted by atomic mass is 10.2. The van der Waals surface area contributed by atoms with E-state index in [0.717, 1.165) is 6.54 Å². The molecular formula is C9H13NOS. The van der Waals surface area contributed by atoms with Crippen molar-refractivity contribution in [2.24, 2.45) is 0 Å². The van der Waals surface area contributed by atoms with Crippen molar-refractivity contribution in [3.8, 4) is 0 Å². The molecule has 3 heteroatoms. The summed E-state index contributed by atoms with van der Waals surface area (Å²) in [6.07, 6.45) is 4.83. The second-order valence-corrected chi connectivity index (χ2v) is 4.22. The van der Waals surface area contributed by atoms with Crippen molar-refractivity contribution < 1.29 is 4.42 Å². The summed E-state index contributed by atoms with van der Waals surface area (Å²) < 4.78 is 4.98. The summed E-state index contributed by atoms with van der Waals surface area (Å²) >= 11 is 2.03. The zero-order valence-electron chi connectivity index (χ0n) is 6.95. The predicted molar refractivity (Wildman–Crippen MR) is 51.3 cm³/mol. The third-order valence-corrected chi connectivity index (χ3v) is 3.27. The van der Waals surface area contributed by atoms with E-state index in [1.807, 2.05) is 17.8 Å². The fourth-order valence-corrected chi connectivity index (χ4v) is 2.54. The van der Waals surface area contributed by atoms with E-state index >= 15 is 0 Å². The minimum atomic E-state index is 0.713. The Morgan fingerprint density at radius 1 is 1.67 bits per heavy atom. The molecule has 1 aromatic heterocycles. The van der Waals surface area contributed by atoms with Gasteiger partial charge in [-0.25, -0.2) is 0 Å². The highest BCUT2D eigenvalue weighted by molar-refractivity contribution is 7.99. The van der Waals surface area contributed by atoms with Gasteiger partial charge < -0.3 is 9.73 Å². The van der Waals surface area contributed by atoms with Crippen LogP contribution in [0.15, 0.2) is 23.0 Å². The van der Waals surface area contributed by atoms with Gasteiger partial charge in [-0.1, -0.05) is 0 Å². The Labute approximate surface area is 76.7 Å². The Morgan fingerprint density at radius 2 is 2.67 bits per heavy atom. The molecule has 1 saturated heterocycles. The van der Waals surface area contributed by atoms with Crippen LogP contribution in [0, 0.1) is 0 Å². The maximum atomic E-state index is 4.98. The van der Waals surface area contributed by atoms with Crippen LogP contribution in [0.2, 0.25) is 0 Å². The Balaban J connectivity index is 1.74. The molecule has 0 saturated carbocycles. The van der Waals surface area contributed by atoms with Crippen LogP contribution in [0.25, 0.3) is 0 Å². The van der Waals surface area contributed by atoms with Crippen LogP contribution in [0.4, 0.5) is 0 Å². The quantitative estimate of drug-likeness (QED) is 0.774. The topological polar surface area (TPSA) is 25.2 Å². The summed E-state index contributed by atoms with van der Waals surface area (Å²) in [4.78, 5) is 0.